The summed E-state index contributed by atoms with van der Waals surface area (Å²) in [5.74, 6) is 0.907. The van der Waals surface area contributed by atoms with E-state index in [9.17, 15) is 9.59 Å². The maximum absolute atomic E-state index is 12.2. The number of esters is 1. The molecular formula is C21H24N2O5. The van der Waals surface area contributed by atoms with Crippen molar-refractivity contribution in [1.29, 1.82) is 0 Å². The Hall–Kier alpha value is -3.22. The Labute approximate surface area is 164 Å². The van der Waals surface area contributed by atoms with Gasteiger partial charge in [-0.25, -0.2) is 9.59 Å². The third-order valence-electron chi connectivity index (χ3n) is 4.03. The van der Waals surface area contributed by atoms with Gasteiger partial charge in [0.15, 0.2) is 17.6 Å². The minimum absolute atomic E-state index is 0.0733. The fraction of sp³-hybridized carbons (Fsp3) is 0.333. The van der Waals surface area contributed by atoms with Crippen LogP contribution in [0.5, 0.6) is 11.5 Å². The first kappa shape index (κ1) is 19.5. The first-order valence-corrected chi connectivity index (χ1v) is 9.20. The number of fused-ring (bicyclic) bond motifs is 1. The number of urea groups is 1. The Morgan fingerprint density at radius 1 is 1.11 bits per heavy atom. The standard InChI is InChI=1S/C21H24N2O5/c1-14(2)23-21(25)22-11-15-7-9-16(10-8-15)20(24)27-13-17-12-26-18-5-3-4-6-19(18)28-17/h3-10,14,17H,11-13H2,1-2H3,(H2,22,23,25)/t17-/m1/s1. The highest BCUT2D eigenvalue weighted by Crippen LogP contribution is 2.30. The SMILES string of the molecule is CC(C)NC(=O)NCc1ccc(C(=O)OC[C@H]2COc3ccccc3O2)cc1. The predicted octanol–water partition coefficient (Wildman–Crippen LogP) is 2.89. The van der Waals surface area contributed by atoms with E-state index in [4.69, 9.17) is 14.2 Å². The maximum Gasteiger partial charge on any atom is 0.338 e. The molecule has 1 atom stereocenters. The largest absolute Gasteiger partial charge is 0.486 e. The van der Waals surface area contributed by atoms with Gasteiger partial charge in [-0.1, -0.05) is 24.3 Å². The van der Waals surface area contributed by atoms with Gasteiger partial charge in [0.1, 0.15) is 13.2 Å². The second kappa shape index (κ2) is 9.12. The highest BCUT2D eigenvalue weighted by Gasteiger charge is 2.22. The molecule has 2 aromatic rings. The van der Waals surface area contributed by atoms with Gasteiger partial charge in [0.05, 0.1) is 5.56 Å². The Kier molecular flexibility index (Phi) is 6.37. The minimum atomic E-state index is -0.431. The summed E-state index contributed by atoms with van der Waals surface area (Å²) < 4.78 is 16.7. The molecule has 1 heterocycles. The van der Waals surface area contributed by atoms with Crippen molar-refractivity contribution in [2.75, 3.05) is 13.2 Å². The fourth-order valence-electron chi connectivity index (χ4n) is 2.65. The number of benzene rings is 2. The number of para-hydroxylation sites is 2. The van der Waals surface area contributed by atoms with E-state index in [1.54, 1.807) is 24.3 Å². The lowest BCUT2D eigenvalue weighted by molar-refractivity contribution is 0.0110. The van der Waals surface area contributed by atoms with Crippen LogP contribution in [0.25, 0.3) is 0 Å². The molecule has 0 aromatic heterocycles. The van der Waals surface area contributed by atoms with Gasteiger partial charge in [0.2, 0.25) is 0 Å². The summed E-state index contributed by atoms with van der Waals surface area (Å²) in [5.41, 5.74) is 1.32. The van der Waals surface area contributed by atoms with Crippen LogP contribution in [0.3, 0.4) is 0 Å². The van der Waals surface area contributed by atoms with E-state index >= 15 is 0 Å². The molecule has 0 radical (unpaired) electrons. The Morgan fingerprint density at radius 3 is 2.54 bits per heavy atom. The molecule has 0 saturated heterocycles. The molecule has 2 aromatic carbocycles. The second-order valence-corrected chi connectivity index (χ2v) is 6.77. The Morgan fingerprint density at radius 2 is 1.82 bits per heavy atom. The van der Waals surface area contributed by atoms with Crippen LogP contribution in [0.4, 0.5) is 4.79 Å². The summed E-state index contributed by atoms with van der Waals surface area (Å²) in [4.78, 5) is 23.8. The highest BCUT2D eigenvalue weighted by atomic mass is 16.6. The molecule has 28 heavy (non-hydrogen) atoms. The third-order valence-corrected chi connectivity index (χ3v) is 4.03. The topological polar surface area (TPSA) is 85.9 Å². The molecule has 7 heteroatoms. The average Bonchev–Trinajstić information content (AvgIpc) is 2.70. The van der Waals surface area contributed by atoms with Gasteiger partial charge < -0.3 is 24.8 Å². The van der Waals surface area contributed by atoms with Crippen LogP contribution in [0.1, 0.15) is 29.8 Å². The van der Waals surface area contributed by atoms with E-state index in [0.717, 1.165) is 5.56 Å². The summed E-state index contributed by atoms with van der Waals surface area (Å²) >= 11 is 0. The molecule has 0 aliphatic carbocycles. The number of hydrogen-bond acceptors (Lipinski definition) is 5. The molecule has 3 rings (SSSR count). The molecule has 0 fully saturated rings. The Balaban J connectivity index is 1.45. The van der Waals surface area contributed by atoms with Gasteiger partial charge in [-0.2, -0.15) is 0 Å². The first-order valence-electron chi connectivity index (χ1n) is 9.20. The molecule has 2 amide bonds. The normalized spacial score (nSPS) is 15.0. The molecule has 2 N–H and O–H groups in total. The lowest BCUT2D eigenvalue weighted by atomic mass is 10.1. The zero-order valence-corrected chi connectivity index (χ0v) is 15.9. The zero-order valence-electron chi connectivity index (χ0n) is 15.9. The smallest absolute Gasteiger partial charge is 0.338 e. The van der Waals surface area contributed by atoms with Crippen molar-refractivity contribution in [3.63, 3.8) is 0 Å². The zero-order chi connectivity index (χ0) is 19.9. The van der Waals surface area contributed by atoms with Crippen molar-refractivity contribution < 1.29 is 23.8 Å². The minimum Gasteiger partial charge on any atom is -0.486 e. The molecular weight excluding hydrogens is 360 g/mol. The van der Waals surface area contributed by atoms with Crippen LogP contribution in [-0.2, 0) is 11.3 Å². The van der Waals surface area contributed by atoms with Gasteiger partial charge in [0, 0.05) is 12.6 Å². The Bertz CT molecular complexity index is 820. The van der Waals surface area contributed by atoms with Crippen LogP contribution >= 0.6 is 0 Å². The van der Waals surface area contributed by atoms with Crippen molar-refractivity contribution in [3.05, 3.63) is 59.7 Å². The number of hydrogen-bond donors (Lipinski definition) is 2. The number of carbonyl (C=O) groups excluding carboxylic acids is 2. The third kappa shape index (κ3) is 5.39. The van der Waals surface area contributed by atoms with E-state index in [1.807, 2.05) is 38.1 Å². The fourth-order valence-corrected chi connectivity index (χ4v) is 2.65. The number of rotatable bonds is 6. The van der Waals surface area contributed by atoms with Gasteiger partial charge in [-0.3, -0.25) is 0 Å². The van der Waals surface area contributed by atoms with Crippen LogP contribution in [0.15, 0.2) is 48.5 Å². The summed E-state index contributed by atoms with van der Waals surface area (Å²) in [6.07, 6.45) is -0.346. The monoisotopic (exact) mass is 384 g/mol. The molecule has 148 valence electrons. The number of carbonyl (C=O) groups is 2. The maximum atomic E-state index is 12.2. The molecule has 0 bridgehead atoms. The molecule has 0 unspecified atom stereocenters. The van der Waals surface area contributed by atoms with Crippen molar-refractivity contribution >= 4 is 12.0 Å². The van der Waals surface area contributed by atoms with Gasteiger partial charge in [0.25, 0.3) is 0 Å². The summed E-state index contributed by atoms with van der Waals surface area (Å²) in [7, 11) is 0. The van der Waals surface area contributed by atoms with E-state index in [1.165, 1.54) is 0 Å². The van der Waals surface area contributed by atoms with E-state index < -0.39 is 5.97 Å². The molecule has 7 nitrogen and oxygen atoms in total. The lowest BCUT2D eigenvalue weighted by Gasteiger charge is -2.26. The number of ether oxygens (including phenoxy) is 3. The van der Waals surface area contributed by atoms with E-state index in [0.29, 0.717) is 30.2 Å². The number of amides is 2. The second-order valence-electron chi connectivity index (χ2n) is 6.77. The molecule has 0 spiro atoms. The molecule has 1 aliphatic rings. The molecule has 1 aliphatic heterocycles. The first-order chi connectivity index (χ1) is 13.5. The van der Waals surface area contributed by atoms with Gasteiger partial charge in [-0.15, -0.1) is 0 Å². The lowest BCUT2D eigenvalue weighted by Crippen LogP contribution is -2.39. The quantitative estimate of drug-likeness (QED) is 0.748. The van der Waals surface area contributed by atoms with E-state index in [2.05, 4.69) is 10.6 Å². The van der Waals surface area contributed by atoms with Crippen LogP contribution in [-0.4, -0.2) is 37.4 Å². The average molecular weight is 384 g/mol. The van der Waals surface area contributed by atoms with Crippen molar-refractivity contribution in [1.82, 2.24) is 10.6 Å². The predicted molar refractivity (Wildman–Crippen MR) is 104 cm³/mol. The van der Waals surface area contributed by atoms with Crippen molar-refractivity contribution in [2.24, 2.45) is 0 Å². The van der Waals surface area contributed by atoms with E-state index in [-0.39, 0.29) is 24.8 Å². The van der Waals surface area contributed by atoms with Crippen LogP contribution in [0.2, 0.25) is 0 Å². The van der Waals surface area contributed by atoms with Gasteiger partial charge >= 0.3 is 12.0 Å². The highest BCUT2D eigenvalue weighted by molar-refractivity contribution is 5.89. The number of nitrogens with one attached hydrogen (secondary N) is 2. The van der Waals surface area contributed by atoms with Crippen molar-refractivity contribution in [2.45, 2.75) is 32.5 Å². The van der Waals surface area contributed by atoms with Crippen LogP contribution < -0.4 is 20.1 Å². The molecule has 0 saturated carbocycles. The van der Waals surface area contributed by atoms with Crippen molar-refractivity contribution in [3.8, 4) is 11.5 Å². The van der Waals surface area contributed by atoms with Crippen LogP contribution in [0, 0.1) is 0 Å². The summed E-state index contributed by atoms with van der Waals surface area (Å²) in [6, 6.07) is 14.1. The summed E-state index contributed by atoms with van der Waals surface area (Å²) in [6.45, 7) is 4.59. The summed E-state index contributed by atoms with van der Waals surface area (Å²) in [5, 5.41) is 5.51. The van der Waals surface area contributed by atoms with Gasteiger partial charge in [-0.05, 0) is 43.7 Å².